The maximum Gasteiger partial charge on any atom is 0.323 e. The summed E-state index contributed by atoms with van der Waals surface area (Å²) in [4.78, 5) is 3.69. The molecular formula is C24H20F5N5O2. The lowest BCUT2D eigenvalue weighted by Gasteiger charge is -2.35. The fraction of sp³-hybridized carbons (Fsp3) is 0.250. The van der Waals surface area contributed by atoms with Crippen molar-refractivity contribution in [1.29, 1.82) is 0 Å². The minimum absolute atomic E-state index is 0.166. The van der Waals surface area contributed by atoms with Crippen LogP contribution in [0.2, 0.25) is 0 Å². The van der Waals surface area contributed by atoms with Crippen LogP contribution in [0.15, 0.2) is 67.1 Å². The van der Waals surface area contributed by atoms with Gasteiger partial charge in [0.05, 0.1) is 6.54 Å². The number of pyridine rings is 1. The minimum Gasteiger partial charge on any atom is -0.485 e. The summed E-state index contributed by atoms with van der Waals surface area (Å²) in [5.74, 6) is -1.97. The average Bonchev–Trinajstić information content (AvgIpc) is 3.35. The van der Waals surface area contributed by atoms with Gasteiger partial charge in [0, 0.05) is 23.4 Å². The molecule has 1 N–H and O–H groups in total. The van der Waals surface area contributed by atoms with E-state index in [1.165, 1.54) is 12.1 Å². The summed E-state index contributed by atoms with van der Waals surface area (Å²) in [6.45, 7) is 0.718. The maximum absolute atomic E-state index is 15.7. The first-order valence-corrected chi connectivity index (χ1v) is 10.5. The topological polar surface area (TPSA) is 86.0 Å². The van der Waals surface area contributed by atoms with E-state index in [1.54, 1.807) is 6.08 Å². The van der Waals surface area contributed by atoms with Crippen LogP contribution in [-0.2, 0) is 22.8 Å². The molecule has 7 nitrogen and oxygen atoms in total. The zero-order valence-electron chi connectivity index (χ0n) is 18.9. The van der Waals surface area contributed by atoms with E-state index in [1.807, 2.05) is 6.92 Å². The third-order valence-corrected chi connectivity index (χ3v) is 4.86. The van der Waals surface area contributed by atoms with Crippen LogP contribution in [0.4, 0.5) is 22.0 Å². The van der Waals surface area contributed by atoms with E-state index in [9.17, 15) is 18.3 Å². The highest BCUT2D eigenvalue weighted by Gasteiger charge is 2.57. The van der Waals surface area contributed by atoms with Gasteiger partial charge < -0.3 is 9.84 Å². The number of ether oxygens (including phenoxy) is 1. The first-order valence-electron chi connectivity index (χ1n) is 10.5. The van der Waals surface area contributed by atoms with Crippen molar-refractivity contribution in [3.63, 3.8) is 0 Å². The molecule has 1 atom stereocenters. The van der Waals surface area contributed by atoms with Crippen LogP contribution < -0.4 is 0 Å². The van der Waals surface area contributed by atoms with Gasteiger partial charge >= 0.3 is 5.92 Å². The molecule has 3 aromatic rings. The Hall–Kier alpha value is -4.11. The van der Waals surface area contributed by atoms with E-state index in [0.717, 1.165) is 41.7 Å². The Morgan fingerprint density at radius 3 is 2.67 bits per heavy atom. The largest absolute Gasteiger partial charge is 0.485 e. The van der Waals surface area contributed by atoms with Crippen molar-refractivity contribution in [2.24, 2.45) is 0 Å². The van der Waals surface area contributed by atoms with Crippen LogP contribution in [0.5, 0.6) is 0 Å². The van der Waals surface area contributed by atoms with Crippen LogP contribution in [0.3, 0.4) is 0 Å². The second-order valence-corrected chi connectivity index (χ2v) is 7.42. The van der Waals surface area contributed by atoms with Gasteiger partial charge in [-0.1, -0.05) is 24.8 Å². The van der Waals surface area contributed by atoms with Gasteiger partial charge in [0.15, 0.2) is 11.4 Å². The van der Waals surface area contributed by atoms with Crippen molar-refractivity contribution in [1.82, 2.24) is 25.2 Å². The number of hydrogen-bond acceptors (Lipinski definition) is 6. The summed E-state index contributed by atoms with van der Waals surface area (Å²) in [6, 6.07) is 3.96. The molecule has 0 bridgehead atoms. The molecule has 0 spiro atoms. The number of aliphatic hydroxyl groups is 1. The van der Waals surface area contributed by atoms with Crippen molar-refractivity contribution in [3.8, 4) is 11.8 Å². The fourth-order valence-electron chi connectivity index (χ4n) is 3.10. The lowest BCUT2D eigenvalue weighted by atomic mass is 9.84. The first kappa shape index (κ1) is 26.5. The molecule has 36 heavy (non-hydrogen) atoms. The molecule has 3 rings (SSSR count). The summed E-state index contributed by atoms with van der Waals surface area (Å²) in [7, 11) is 0. The van der Waals surface area contributed by atoms with Crippen LogP contribution >= 0.6 is 0 Å². The Labute approximate surface area is 202 Å². The fourth-order valence-corrected chi connectivity index (χ4v) is 3.10. The third-order valence-electron chi connectivity index (χ3n) is 4.86. The predicted molar refractivity (Wildman–Crippen MR) is 118 cm³/mol. The van der Waals surface area contributed by atoms with Gasteiger partial charge in [0.2, 0.25) is 0 Å². The Balaban J connectivity index is 1.84. The van der Waals surface area contributed by atoms with Gasteiger partial charge in [-0.2, -0.15) is 8.78 Å². The first-order chi connectivity index (χ1) is 17.2. The quantitative estimate of drug-likeness (QED) is 0.155. The van der Waals surface area contributed by atoms with Gasteiger partial charge in [0.25, 0.3) is 0 Å². The zero-order valence-corrected chi connectivity index (χ0v) is 18.9. The molecular weight excluding hydrogens is 485 g/mol. The van der Waals surface area contributed by atoms with Crippen molar-refractivity contribution >= 4 is 0 Å². The molecule has 2 heterocycles. The Morgan fingerprint density at radius 2 is 2.03 bits per heavy atom. The molecule has 0 aliphatic carbocycles. The van der Waals surface area contributed by atoms with Gasteiger partial charge in [-0.25, -0.2) is 17.9 Å². The number of hydrogen-bond donors (Lipinski definition) is 1. The number of halogens is 5. The highest BCUT2D eigenvalue weighted by molar-refractivity contribution is 5.36. The van der Waals surface area contributed by atoms with Crippen LogP contribution in [0, 0.1) is 23.5 Å². The number of rotatable bonds is 9. The maximum atomic E-state index is 15.7. The van der Waals surface area contributed by atoms with E-state index in [-0.39, 0.29) is 12.2 Å². The van der Waals surface area contributed by atoms with E-state index in [4.69, 9.17) is 4.74 Å². The third kappa shape index (κ3) is 6.11. The van der Waals surface area contributed by atoms with Crippen molar-refractivity contribution in [2.75, 3.05) is 6.61 Å². The molecule has 188 valence electrons. The number of aromatic nitrogens is 5. The van der Waals surface area contributed by atoms with Gasteiger partial charge in [-0.15, -0.1) is 5.10 Å². The van der Waals surface area contributed by atoms with Crippen LogP contribution in [-0.4, -0.2) is 36.9 Å². The van der Waals surface area contributed by atoms with Crippen LogP contribution in [0.1, 0.15) is 30.2 Å². The van der Waals surface area contributed by atoms with Crippen LogP contribution in [0.25, 0.3) is 0 Å². The van der Waals surface area contributed by atoms with Crippen molar-refractivity contribution in [3.05, 3.63) is 95.6 Å². The molecule has 1 unspecified atom stereocenters. The number of benzene rings is 1. The molecule has 0 aliphatic rings. The lowest BCUT2D eigenvalue weighted by Crippen LogP contribution is -2.48. The zero-order chi connectivity index (χ0) is 26.2. The Morgan fingerprint density at radius 1 is 1.22 bits per heavy atom. The summed E-state index contributed by atoms with van der Waals surface area (Å²) in [5, 5.41) is 21.2. The van der Waals surface area contributed by atoms with Crippen molar-refractivity contribution in [2.45, 2.75) is 31.4 Å². The summed E-state index contributed by atoms with van der Waals surface area (Å²) < 4.78 is 78.3. The molecule has 1 aromatic carbocycles. The number of tetrazole rings is 1. The second-order valence-electron chi connectivity index (χ2n) is 7.42. The smallest absolute Gasteiger partial charge is 0.323 e. The molecule has 0 fully saturated rings. The number of alkyl halides is 2. The van der Waals surface area contributed by atoms with Crippen molar-refractivity contribution < 1.29 is 31.8 Å². The highest BCUT2D eigenvalue weighted by Crippen LogP contribution is 2.46. The molecule has 0 saturated carbocycles. The average molecular weight is 505 g/mol. The molecule has 2 aromatic heterocycles. The standard InChI is InChI=1S/C24H20F5N5O2/c1-2-3-6-19(26)14-36-11-4-5-17-7-10-22(30-13-17)24(28,29)23(35,15-34-16-31-32-33-34)20-9-8-18(25)12-21(20)27/h3,6-10,12-14,16,35H,2,11,15H2,1H3/b6-3-,19-14+. The van der Waals surface area contributed by atoms with Gasteiger partial charge in [0.1, 0.15) is 36.5 Å². The van der Waals surface area contributed by atoms with E-state index >= 15 is 8.78 Å². The van der Waals surface area contributed by atoms with Gasteiger partial charge in [-0.3, -0.25) is 4.98 Å². The second kappa shape index (κ2) is 11.5. The summed E-state index contributed by atoms with van der Waals surface area (Å²) in [6.07, 6.45) is 6.39. The van der Waals surface area contributed by atoms with E-state index < -0.39 is 46.8 Å². The lowest BCUT2D eigenvalue weighted by molar-refractivity contribution is -0.207. The molecule has 0 saturated heterocycles. The summed E-state index contributed by atoms with van der Waals surface area (Å²) >= 11 is 0. The molecule has 0 radical (unpaired) electrons. The molecule has 12 heteroatoms. The van der Waals surface area contributed by atoms with Gasteiger partial charge in [-0.05, 0) is 47.2 Å². The predicted octanol–water partition coefficient (Wildman–Crippen LogP) is 4.17. The number of allylic oxidation sites excluding steroid dienone is 3. The Kier molecular flexibility index (Phi) is 8.50. The summed E-state index contributed by atoms with van der Waals surface area (Å²) in [5.41, 5.74) is -4.79. The molecule has 0 aliphatic heterocycles. The minimum atomic E-state index is -4.18. The monoisotopic (exact) mass is 505 g/mol. The highest BCUT2D eigenvalue weighted by atomic mass is 19.3. The molecule has 0 amide bonds. The Bertz CT molecular complexity index is 1280. The SMILES string of the molecule is CC/C=C\C(F)=C/OCC#Cc1ccc(C(F)(F)C(O)(Cn2cnnn2)c2ccc(F)cc2F)nc1. The van der Waals surface area contributed by atoms with E-state index in [0.29, 0.717) is 12.5 Å². The normalized spacial score (nSPS) is 13.8. The van der Waals surface area contributed by atoms with E-state index in [2.05, 4.69) is 32.4 Å². The number of nitrogens with zero attached hydrogens (tertiary/aromatic N) is 5.